The van der Waals surface area contributed by atoms with Gasteiger partial charge in [-0.3, -0.25) is 4.79 Å². The molecular weight excluding hydrogens is 274 g/mol. The third-order valence-corrected chi connectivity index (χ3v) is 4.10. The van der Waals surface area contributed by atoms with Crippen LogP contribution in [0.4, 0.5) is 0 Å². The number of nitrogens with zero attached hydrogens (tertiary/aromatic N) is 2. The molecule has 0 unspecified atom stereocenters. The summed E-state index contributed by atoms with van der Waals surface area (Å²) in [7, 11) is 0. The normalized spacial score (nSPS) is 15.6. The largest absolute Gasteiger partial charge is 0.364 e. The van der Waals surface area contributed by atoms with Crippen LogP contribution in [0.3, 0.4) is 0 Å². The zero-order chi connectivity index (χ0) is 15.4. The van der Waals surface area contributed by atoms with Gasteiger partial charge >= 0.3 is 0 Å². The zero-order valence-corrected chi connectivity index (χ0v) is 12.5. The molecule has 1 aromatic carbocycles. The van der Waals surface area contributed by atoms with Crippen molar-refractivity contribution in [3.8, 4) is 11.3 Å². The van der Waals surface area contributed by atoms with Crippen molar-refractivity contribution in [2.45, 2.75) is 32.1 Å². The maximum Gasteiger partial charge on any atom is 0.267 e. The third kappa shape index (κ3) is 3.50. The van der Waals surface area contributed by atoms with E-state index < -0.39 is 5.91 Å². The summed E-state index contributed by atoms with van der Waals surface area (Å²) in [5.41, 5.74) is 7.40. The summed E-state index contributed by atoms with van der Waals surface area (Å²) in [6.45, 7) is 0. The summed E-state index contributed by atoms with van der Waals surface area (Å²) in [5, 5.41) is 0. The molecule has 0 saturated heterocycles. The first kappa shape index (κ1) is 14.7. The predicted octanol–water partition coefficient (Wildman–Crippen LogP) is 3.38. The van der Waals surface area contributed by atoms with Crippen LogP contribution in [0.2, 0.25) is 0 Å². The van der Waals surface area contributed by atoms with Crippen molar-refractivity contribution in [1.82, 2.24) is 9.97 Å². The quantitative estimate of drug-likeness (QED) is 0.939. The van der Waals surface area contributed by atoms with Crippen LogP contribution in [-0.2, 0) is 0 Å². The summed E-state index contributed by atoms with van der Waals surface area (Å²) in [5.74, 6) is 0.598. The summed E-state index contributed by atoms with van der Waals surface area (Å²) in [6.07, 6.45) is 8.25. The van der Waals surface area contributed by atoms with Gasteiger partial charge in [0, 0.05) is 12.0 Å². The van der Waals surface area contributed by atoms with Crippen LogP contribution in [0.5, 0.6) is 0 Å². The first-order valence-electron chi connectivity index (χ1n) is 7.81. The Labute approximate surface area is 130 Å². The molecule has 1 amide bonds. The zero-order valence-electron chi connectivity index (χ0n) is 12.5. The van der Waals surface area contributed by atoms with Gasteiger partial charge in [-0.1, -0.05) is 49.6 Å². The Balaban J connectivity index is 1.91. The fraction of sp³-hybridized carbons (Fsp3) is 0.333. The summed E-state index contributed by atoms with van der Waals surface area (Å²) in [6, 6.07) is 11.5. The first-order chi connectivity index (χ1) is 10.7. The lowest BCUT2D eigenvalue weighted by atomic mass is 9.87. The highest BCUT2D eigenvalue weighted by molar-refractivity contribution is 5.91. The lowest BCUT2D eigenvalue weighted by Crippen LogP contribution is -2.16. The van der Waals surface area contributed by atoms with Crippen molar-refractivity contribution in [3.63, 3.8) is 0 Å². The van der Waals surface area contributed by atoms with E-state index in [9.17, 15) is 4.79 Å². The average molecular weight is 294 g/mol. The van der Waals surface area contributed by atoms with Crippen LogP contribution in [0, 0.1) is 12.3 Å². The number of hydrogen-bond donors (Lipinski definition) is 1. The Hall–Kier alpha value is -2.23. The maximum absolute atomic E-state index is 11.5. The van der Waals surface area contributed by atoms with E-state index in [4.69, 9.17) is 5.73 Å². The molecule has 4 heteroatoms. The van der Waals surface area contributed by atoms with E-state index in [1.165, 1.54) is 32.1 Å². The number of aromatic nitrogens is 2. The molecule has 2 N–H and O–H groups in total. The molecule has 2 aromatic rings. The van der Waals surface area contributed by atoms with E-state index in [2.05, 4.69) is 16.4 Å². The van der Waals surface area contributed by atoms with Crippen LogP contribution >= 0.6 is 0 Å². The van der Waals surface area contributed by atoms with E-state index in [0.29, 0.717) is 11.7 Å². The van der Waals surface area contributed by atoms with Crippen molar-refractivity contribution in [2.75, 3.05) is 0 Å². The predicted molar refractivity (Wildman–Crippen MR) is 86.0 cm³/mol. The van der Waals surface area contributed by atoms with Crippen molar-refractivity contribution in [1.29, 1.82) is 0 Å². The molecule has 3 rings (SSSR count). The van der Waals surface area contributed by atoms with Crippen molar-refractivity contribution < 1.29 is 4.79 Å². The van der Waals surface area contributed by atoms with Gasteiger partial charge in [0.25, 0.3) is 5.91 Å². The van der Waals surface area contributed by atoms with Crippen molar-refractivity contribution in [2.24, 2.45) is 11.7 Å². The highest BCUT2D eigenvalue weighted by Gasteiger charge is 2.18. The molecule has 4 nitrogen and oxygen atoms in total. The summed E-state index contributed by atoms with van der Waals surface area (Å²) in [4.78, 5) is 20.5. The van der Waals surface area contributed by atoms with Gasteiger partial charge in [-0.05, 0) is 24.8 Å². The molecule has 0 bridgehead atoms. The minimum absolute atomic E-state index is 0.274. The Kier molecular flexibility index (Phi) is 4.47. The third-order valence-electron chi connectivity index (χ3n) is 4.10. The molecule has 1 aromatic heterocycles. The van der Waals surface area contributed by atoms with Gasteiger partial charge in [-0.15, -0.1) is 0 Å². The minimum atomic E-state index is -0.516. The van der Waals surface area contributed by atoms with E-state index in [0.717, 1.165) is 11.3 Å². The van der Waals surface area contributed by atoms with Gasteiger partial charge in [-0.25, -0.2) is 9.97 Å². The van der Waals surface area contributed by atoms with Gasteiger partial charge in [0.05, 0.1) is 5.69 Å². The molecule has 1 aliphatic carbocycles. The molecule has 1 radical (unpaired) electrons. The van der Waals surface area contributed by atoms with Gasteiger partial charge in [-0.2, -0.15) is 0 Å². The van der Waals surface area contributed by atoms with Crippen LogP contribution in [-0.4, -0.2) is 15.9 Å². The van der Waals surface area contributed by atoms with Crippen LogP contribution < -0.4 is 5.73 Å². The smallest absolute Gasteiger partial charge is 0.267 e. The van der Waals surface area contributed by atoms with E-state index >= 15 is 0 Å². The molecule has 0 spiro atoms. The molecular formula is C18H20N3O. The maximum atomic E-state index is 11.5. The number of carbonyl (C=O) groups excluding carboxylic acids is 1. The van der Waals surface area contributed by atoms with E-state index in [1.54, 1.807) is 6.07 Å². The Morgan fingerprint density at radius 1 is 1.09 bits per heavy atom. The molecule has 1 heterocycles. The fourth-order valence-electron chi connectivity index (χ4n) is 2.94. The molecule has 1 saturated carbocycles. The van der Waals surface area contributed by atoms with Gasteiger partial charge in [0.15, 0.2) is 0 Å². The fourth-order valence-corrected chi connectivity index (χ4v) is 2.94. The summed E-state index contributed by atoms with van der Waals surface area (Å²) >= 11 is 0. The second-order valence-corrected chi connectivity index (χ2v) is 5.79. The van der Waals surface area contributed by atoms with Gasteiger partial charge in [0.2, 0.25) is 0 Å². The summed E-state index contributed by atoms with van der Waals surface area (Å²) < 4.78 is 0. The lowest BCUT2D eigenvalue weighted by Gasteiger charge is -2.20. The molecule has 113 valence electrons. The van der Waals surface area contributed by atoms with Crippen LogP contribution in [0.25, 0.3) is 11.3 Å². The molecule has 1 fully saturated rings. The lowest BCUT2D eigenvalue weighted by molar-refractivity contribution is 0.0995. The van der Waals surface area contributed by atoms with E-state index in [1.807, 2.05) is 30.3 Å². The average Bonchev–Trinajstić information content (AvgIpc) is 2.56. The highest BCUT2D eigenvalue weighted by Crippen LogP contribution is 2.28. The van der Waals surface area contributed by atoms with Crippen LogP contribution in [0.15, 0.2) is 36.4 Å². The molecule has 0 aliphatic heterocycles. The second-order valence-electron chi connectivity index (χ2n) is 5.79. The monoisotopic (exact) mass is 294 g/mol. The number of nitrogens with two attached hydrogens (primary N) is 1. The molecule has 0 atom stereocenters. The van der Waals surface area contributed by atoms with Gasteiger partial charge in [0.1, 0.15) is 11.5 Å². The molecule has 1 aliphatic rings. The topological polar surface area (TPSA) is 68.9 Å². The Morgan fingerprint density at radius 2 is 1.82 bits per heavy atom. The standard InChI is InChI=1S/C18H20N3O/c19-18(22)16-12-15(14-9-5-2-6-10-14)20-17(21-16)11-13-7-3-1-4-8-13/h2,5-6,9-13H,1,3-4,7-8H2,(H2,19,22). The Bertz CT molecular complexity index is 649. The van der Waals surface area contributed by atoms with E-state index in [-0.39, 0.29) is 5.69 Å². The molecule has 22 heavy (non-hydrogen) atoms. The Morgan fingerprint density at radius 3 is 2.50 bits per heavy atom. The SMILES string of the molecule is NC(=O)c1cc(-c2ccccc2)nc([CH]C2CCCCC2)n1. The van der Waals surface area contributed by atoms with Crippen molar-refractivity contribution >= 4 is 5.91 Å². The number of hydrogen-bond acceptors (Lipinski definition) is 3. The highest BCUT2D eigenvalue weighted by atomic mass is 16.1. The number of benzene rings is 1. The first-order valence-corrected chi connectivity index (χ1v) is 7.81. The number of primary amides is 1. The number of rotatable bonds is 4. The number of amides is 1. The van der Waals surface area contributed by atoms with Crippen molar-refractivity contribution in [3.05, 3.63) is 54.3 Å². The number of carbonyl (C=O) groups is 1. The second kappa shape index (κ2) is 6.69. The van der Waals surface area contributed by atoms with Gasteiger partial charge < -0.3 is 5.73 Å². The van der Waals surface area contributed by atoms with Crippen LogP contribution in [0.1, 0.15) is 48.4 Å². The minimum Gasteiger partial charge on any atom is -0.364 e.